The number of hydrogen-bond acceptors (Lipinski definition) is 2. The molecule has 0 atom stereocenters. The topological polar surface area (TPSA) is 21.1 Å². The van der Waals surface area contributed by atoms with Gasteiger partial charge in [-0.25, -0.2) is 0 Å². The summed E-state index contributed by atoms with van der Waals surface area (Å²) in [6.07, 6.45) is 1.74. The summed E-state index contributed by atoms with van der Waals surface area (Å²) in [5, 5.41) is 4.13. The average Bonchev–Trinajstić information content (AvgIpc) is 2.33. The van der Waals surface area contributed by atoms with Crippen molar-refractivity contribution >= 4 is 0 Å². The molecule has 53 valence electrons. The van der Waals surface area contributed by atoms with Gasteiger partial charge in [-0.05, 0) is 7.05 Å². The molecule has 0 bridgehead atoms. The molecule has 1 radical (unpaired) electrons. The van der Waals surface area contributed by atoms with E-state index in [4.69, 9.17) is 0 Å². The van der Waals surface area contributed by atoms with Crippen LogP contribution in [-0.2, 0) is 13.1 Å². The first kappa shape index (κ1) is 5.92. The van der Waals surface area contributed by atoms with Crippen LogP contribution in [0.4, 0.5) is 0 Å². The minimum Gasteiger partial charge on any atom is -0.299 e. The van der Waals surface area contributed by atoms with Crippen molar-refractivity contribution in [3.05, 3.63) is 18.0 Å². The maximum Gasteiger partial charge on any atom is 0.0604 e. The Morgan fingerprint density at radius 3 is 3.40 bits per heavy atom. The Hall–Kier alpha value is -0.830. The van der Waals surface area contributed by atoms with Gasteiger partial charge in [0, 0.05) is 19.2 Å². The number of aromatic nitrogens is 2. The van der Waals surface area contributed by atoms with E-state index in [-0.39, 0.29) is 0 Å². The summed E-state index contributed by atoms with van der Waals surface area (Å²) < 4.78 is 2.01. The Labute approximate surface area is 60.3 Å². The van der Waals surface area contributed by atoms with E-state index < -0.39 is 0 Å². The quantitative estimate of drug-likeness (QED) is 0.505. The van der Waals surface area contributed by atoms with Gasteiger partial charge in [0.15, 0.2) is 0 Å². The van der Waals surface area contributed by atoms with Crippen molar-refractivity contribution in [1.29, 1.82) is 0 Å². The zero-order valence-electron chi connectivity index (χ0n) is 6.04. The van der Waals surface area contributed by atoms with Crippen LogP contribution in [0.1, 0.15) is 5.69 Å². The molecule has 0 aromatic carbocycles. The highest BCUT2D eigenvalue weighted by Gasteiger charge is 2.11. The monoisotopic (exact) mass is 136 g/mol. The number of rotatable bonds is 0. The molecular formula is C7H10N3. The van der Waals surface area contributed by atoms with Crippen LogP contribution in [0, 0.1) is 6.07 Å². The van der Waals surface area contributed by atoms with E-state index in [0.717, 1.165) is 19.6 Å². The number of nitrogens with zero attached hydrogens (tertiary/aromatic N) is 3. The lowest BCUT2D eigenvalue weighted by Gasteiger charge is -2.22. The SMILES string of the molecule is CN1CCn2nc[c]c2C1. The minimum atomic E-state index is 0.986. The normalized spacial score (nSPS) is 18.9. The molecule has 0 aliphatic carbocycles. The summed E-state index contributed by atoms with van der Waals surface area (Å²) in [6, 6.07) is 3.10. The molecule has 2 rings (SSSR count). The second-order valence-electron chi connectivity index (χ2n) is 2.70. The molecule has 0 saturated heterocycles. The number of hydrogen-bond donors (Lipinski definition) is 0. The van der Waals surface area contributed by atoms with Gasteiger partial charge in [0.25, 0.3) is 0 Å². The van der Waals surface area contributed by atoms with Crippen LogP contribution in [-0.4, -0.2) is 28.3 Å². The van der Waals surface area contributed by atoms with Gasteiger partial charge in [0.05, 0.1) is 18.4 Å². The summed E-state index contributed by atoms with van der Waals surface area (Å²) in [6.45, 7) is 3.10. The lowest BCUT2D eigenvalue weighted by atomic mass is 10.3. The first-order chi connectivity index (χ1) is 4.86. The van der Waals surface area contributed by atoms with Gasteiger partial charge in [-0.1, -0.05) is 0 Å². The predicted molar refractivity (Wildman–Crippen MR) is 37.4 cm³/mol. The number of fused-ring (bicyclic) bond motifs is 1. The highest BCUT2D eigenvalue weighted by Crippen LogP contribution is 2.06. The summed E-state index contributed by atoms with van der Waals surface area (Å²) in [4.78, 5) is 2.27. The van der Waals surface area contributed by atoms with Crippen molar-refractivity contribution in [2.75, 3.05) is 13.6 Å². The fourth-order valence-electron chi connectivity index (χ4n) is 1.24. The molecule has 10 heavy (non-hydrogen) atoms. The van der Waals surface area contributed by atoms with Crippen molar-refractivity contribution in [3.63, 3.8) is 0 Å². The van der Waals surface area contributed by atoms with Crippen LogP contribution in [0.25, 0.3) is 0 Å². The highest BCUT2D eigenvalue weighted by atomic mass is 15.3. The fourth-order valence-corrected chi connectivity index (χ4v) is 1.24. The second-order valence-corrected chi connectivity index (χ2v) is 2.70. The fraction of sp³-hybridized carbons (Fsp3) is 0.571. The third-order valence-electron chi connectivity index (χ3n) is 1.85. The Morgan fingerprint density at radius 2 is 2.50 bits per heavy atom. The maximum atomic E-state index is 4.13. The Kier molecular flexibility index (Phi) is 1.24. The van der Waals surface area contributed by atoms with E-state index in [1.807, 2.05) is 4.68 Å². The molecule has 3 heteroatoms. The minimum absolute atomic E-state index is 0.986. The second kappa shape index (κ2) is 2.09. The zero-order chi connectivity index (χ0) is 6.97. The van der Waals surface area contributed by atoms with Gasteiger partial charge < -0.3 is 0 Å². The molecule has 0 fully saturated rings. The Bertz CT molecular complexity index is 229. The molecule has 0 unspecified atom stereocenters. The largest absolute Gasteiger partial charge is 0.299 e. The van der Waals surface area contributed by atoms with Gasteiger partial charge in [-0.15, -0.1) is 0 Å². The van der Waals surface area contributed by atoms with Gasteiger partial charge >= 0.3 is 0 Å². The summed E-state index contributed by atoms with van der Waals surface area (Å²) >= 11 is 0. The van der Waals surface area contributed by atoms with Gasteiger partial charge in [-0.2, -0.15) is 5.10 Å². The predicted octanol–water partition coefficient (Wildman–Crippen LogP) is 0.129. The van der Waals surface area contributed by atoms with Crippen molar-refractivity contribution in [1.82, 2.24) is 14.7 Å². The van der Waals surface area contributed by atoms with E-state index >= 15 is 0 Å². The summed E-state index contributed by atoms with van der Waals surface area (Å²) in [7, 11) is 2.12. The lowest BCUT2D eigenvalue weighted by Crippen LogP contribution is -2.30. The average molecular weight is 136 g/mol. The first-order valence-corrected chi connectivity index (χ1v) is 3.47. The van der Waals surface area contributed by atoms with Crippen molar-refractivity contribution < 1.29 is 0 Å². The van der Waals surface area contributed by atoms with Gasteiger partial charge in [-0.3, -0.25) is 9.58 Å². The van der Waals surface area contributed by atoms with Crippen LogP contribution in [0.2, 0.25) is 0 Å². The molecule has 3 nitrogen and oxygen atoms in total. The zero-order valence-corrected chi connectivity index (χ0v) is 6.04. The molecule has 0 N–H and O–H groups in total. The van der Waals surface area contributed by atoms with Gasteiger partial charge in [0.1, 0.15) is 0 Å². The van der Waals surface area contributed by atoms with Crippen molar-refractivity contribution in [3.8, 4) is 0 Å². The highest BCUT2D eigenvalue weighted by molar-refractivity contribution is 4.99. The maximum absolute atomic E-state index is 4.13. The van der Waals surface area contributed by atoms with E-state index in [0.29, 0.717) is 0 Å². The van der Waals surface area contributed by atoms with Crippen LogP contribution in [0.5, 0.6) is 0 Å². The number of likely N-dealkylation sites (N-methyl/N-ethyl adjacent to an activating group) is 1. The van der Waals surface area contributed by atoms with Crippen LogP contribution in [0.3, 0.4) is 0 Å². The van der Waals surface area contributed by atoms with E-state index in [9.17, 15) is 0 Å². The van der Waals surface area contributed by atoms with Gasteiger partial charge in [0.2, 0.25) is 0 Å². The standard InChI is InChI=1S/C7H10N3/c1-9-4-5-10-7(6-9)2-3-8-10/h3H,4-6H2,1H3. The molecule has 1 aromatic heterocycles. The molecular weight excluding hydrogens is 126 g/mol. The molecule has 2 heterocycles. The van der Waals surface area contributed by atoms with Crippen LogP contribution in [0.15, 0.2) is 6.20 Å². The van der Waals surface area contributed by atoms with Crippen molar-refractivity contribution in [2.45, 2.75) is 13.1 Å². The molecule has 1 aromatic rings. The molecule has 0 amide bonds. The lowest BCUT2D eigenvalue weighted by molar-refractivity contribution is 0.258. The van der Waals surface area contributed by atoms with E-state index in [2.05, 4.69) is 23.1 Å². The molecule has 0 saturated carbocycles. The van der Waals surface area contributed by atoms with Crippen molar-refractivity contribution in [2.24, 2.45) is 0 Å². The Balaban J connectivity index is 2.30. The van der Waals surface area contributed by atoms with E-state index in [1.165, 1.54) is 5.69 Å². The van der Waals surface area contributed by atoms with Crippen LogP contribution < -0.4 is 0 Å². The summed E-state index contributed by atoms with van der Waals surface area (Å²) in [5.74, 6) is 0. The molecule has 0 spiro atoms. The smallest absolute Gasteiger partial charge is 0.0604 e. The third-order valence-corrected chi connectivity index (χ3v) is 1.85. The molecule has 1 aliphatic rings. The molecule has 1 aliphatic heterocycles. The third kappa shape index (κ3) is 0.827. The van der Waals surface area contributed by atoms with E-state index in [1.54, 1.807) is 6.20 Å². The first-order valence-electron chi connectivity index (χ1n) is 3.47. The van der Waals surface area contributed by atoms with Crippen LogP contribution >= 0.6 is 0 Å². The Morgan fingerprint density at radius 1 is 1.60 bits per heavy atom. The summed E-state index contributed by atoms with van der Waals surface area (Å²) in [5.41, 5.74) is 1.20.